The predicted octanol–water partition coefficient (Wildman–Crippen LogP) is 3.68. The molecule has 4 aliphatic rings. The van der Waals surface area contributed by atoms with Crippen LogP contribution >= 0.6 is 11.6 Å². The number of ether oxygens (including phenoxy) is 1. The normalized spacial score (nSPS) is 32.7. The van der Waals surface area contributed by atoms with Crippen molar-refractivity contribution in [2.24, 2.45) is 11.8 Å². The van der Waals surface area contributed by atoms with Gasteiger partial charge in [0.15, 0.2) is 0 Å². The van der Waals surface area contributed by atoms with Crippen LogP contribution in [-0.2, 0) is 19.1 Å². The van der Waals surface area contributed by atoms with Crippen LogP contribution in [0.25, 0.3) is 0 Å². The van der Waals surface area contributed by atoms with Gasteiger partial charge in [-0.15, -0.1) is 0 Å². The zero-order valence-corrected chi connectivity index (χ0v) is 20.6. The van der Waals surface area contributed by atoms with E-state index >= 15 is 0 Å². The van der Waals surface area contributed by atoms with E-state index in [1.54, 1.807) is 29.2 Å². The van der Waals surface area contributed by atoms with Crippen LogP contribution in [0.2, 0.25) is 5.02 Å². The fourth-order valence-corrected chi connectivity index (χ4v) is 6.30. The van der Waals surface area contributed by atoms with Gasteiger partial charge < -0.3 is 20.3 Å². The molecule has 3 fully saturated rings. The van der Waals surface area contributed by atoms with Crippen LogP contribution in [0.15, 0.2) is 36.4 Å². The Labute approximate surface area is 205 Å². The fourth-order valence-electron chi connectivity index (χ4n) is 6.18. The maximum Gasteiger partial charge on any atom is 0.246 e. The third-order valence-electron chi connectivity index (χ3n) is 7.61. The van der Waals surface area contributed by atoms with Crippen molar-refractivity contribution in [1.29, 1.82) is 0 Å². The molecular weight excluding hydrogens is 454 g/mol. The monoisotopic (exact) mass is 485 g/mol. The van der Waals surface area contributed by atoms with E-state index in [4.69, 9.17) is 16.3 Å². The van der Waals surface area contributed by atoms with Gasteiger partial charge in [-0.25, -0.2) is 0 Å². The van der Waals surface area contributed by atoms with Crippen molar-refractivity contribution in [3.8, 4) is 0 Å². The minimum absolute atomic E-state index is 0.111. The molecule has 1 aromatic carbocycles. The molecule has 5 rings (SSSR count). The van der Waals surface area contributed by atoms with Crippen molar-refractivity contribution in [1.82, 2.24) is 10.2 Å². The van der Waals surface area contributed by atoms with Crippen LogP contribution in [0.3, 0.4) is 0 Å². The largest absolute Gasteiger partial charge is 0.359 e. The summed E-state index contributed by atoms with van der Waals surface area (Å²) in [7, 11) is 0. The van der Waals surface area contributed by atoms with Gasteiger partial charge in [-0.05, 0) is 57.9 Å². The van der Waals surface area contributed by atoms with E-state index in [0.29, 0.717) is 10.7 Å². The number of hydrogen-bond acceptors (Lipinski definition) is 4. The molecule has 1 spiro atoms. The van der Waals surface area contributed by atoms with Crippen molar-refractivity contribution >= 4 is 35.0 Å². The number of halogens is 1. The SMILES string of the molecule is CC(C)(C)N1C(=O)[C@H]2[C@H](C(=O)Nc3ccc(Cl)cc3)[C@H]3C=C[C@@]2(O3)[C@H]1C(=O)NC1CCCCC1. The van der Waals surface area contributed by atoms with Gasteiger partial charge in [0.1, 0.15) is 11.6 Å². The Bertz CT molecular complexity index is 1030. The summed E-state index contributed by atoms with van der Waals surface area (Å²) in [5.41, 5.74) is -1.16. The van der Waals surface area contributed by atoms with Gasteiger partial charge in [0.2, 0.25) is 17.7 Å². The van der Waals surface area contributed by atoms with E-state index in [0.717, 1.165) is 25.7 Å². The highest BCUT2D eigenvalue weighted by molar-refractivity contribution is 6.30. The molecule has 0 aromatic heterocycles. The van der Waals surface area contributed by atoms with Crippen LogP contribution in [0.4, 0.5) is 5.69 Å². The van der Waals surface area contributed by atoms with Crippen LogP contribution in [-0.4, -0.2) is 51.9 Å². The Hall–Kier alpha value is -2.38. The molecule has 0 unspecified atom stereocenters. The molecular formula is C26H32ClN3O4. The molecule has 34 heavy (non-hydrogen) atoms. The summed E-state index contributed by atoms with van der Waals surface area (Å²) in [6.07, 6.45) is 8.41. The van der Waals surface area contributed by atoms with Crippen LogP contribution in [0, 0.1) is 11.8 Å². The summed E-state index contributed by atoms with van der Waals surface area (Å²) < 4.78 is 6.38. The van der Waals surface area contributed by atoms with E-state index in [2.05, 4.69) is 10.6 Å². The summed E-state index contributed by atoms with van der Waals surface area (Å²) >= 11 is 5.96. The molecule has 5 atom stereocenters. The van der Waals surface area contributed by atoms with E-state index in [9.17, 15) is 14.4 Å². The average Bonchev–Trinajstić information content (AvgIpc) is 3.43. The van der Waals surface area contributed by atoms with Gasteiger partial charge in [0, 0.05) is 22.3 Å². The quantitative estimate of drug-likeness (QED) is 0.637. The van der Waals surface area contributed by atoms with Gasteiger partial charge in [0.05, 0.1) is 17.9 Å². The standard InChI is InChI=1S/C26H32ClN3O4/c1-25(2,3)30-21(23(32)29-16-7-5-4-6-8-16)26-14-13-18(34-26)19(20(26)24(30)33)22(31)28-17-11-9-15(27)10-12-17/h9-14,16,18-21H,4-8H2,1-3H3,(H,28,31)(H,29,32)/t18-,19-,20-,21-,26+/m1/s1. The van der Waals surface area contributed by atoms with Crippen LogP contribution in [0.5, 0.6) is 0 Å². The highest BCUT2D eigenvalue weighted by atomic mass is 35.5. The van der Waals surface area contributed by atoms with E-state index < -0.39 is 35.1 Å². The first-order valence-electron chi connectivity index (χ1n) is 12.2. The highest BCUT2D eigenvalue weighted by Crippen LogP contribution is 2.56. The molecule has 2 saturated heterocycles. The minimum atomic E-state index is -1.14. The molecule has 8 heteroatoms. The van der Waals surface area contributed by atoms with Gasteiger partial charge in [-0.2, -0.15) is 0 Å². The molecule has 3 heterocycles. The second kappa shape index (κ2) is 8.38. The van der Waals surface area contributed by atoms with Crippen molar-refractivity contribution < 1.29 is 19.1 Å². The second-order valence-corrected chi connectivity index (χ2v) is 11.4. The molecule has 1 aromatic rings. The van der Waals surface area contributed by atoms with E-state index in [1.807, 2.05) is 32.9 Å². The van der Waals surface area contributed by atoms with Gasteiger partial charge in [-0.3, -0.25) is 14.4 Å². The Kier molecular flexibility index (Phi) is 5.76. The molecule has 2 N–H and O–H groups in total. The van der Waals surface area contributed by atoms with E-state index in [1.165, 1.54) is 6.42 Å². The first-order chi connectivity index (χ1) is 16.1. The first-order valence-corrected chi connectivity index (χ1v) is 12.6. The summed E-state index contributed by atoms with van der Waals surface area (Å²) in [6.45, 7) is 5.76. The third kappa shape index (κ3) is 3.73. The molecule has 1 aliphatic carbocycles. The smallest absolute Gasteiger partial charge is 0.246 e. The third-order valence-corrected chi connectivity index (χ3v) is 7.86. The summed E-state index contributed by atoms with van der Waals surface area (Å²) in [5.74, 6) is -2.16. The van der Waals surface area contributed by atoms with Crippen LogP contribution < -0.4 is 10.6 Å². The van der Waals surface area contributed by atoms with Crippen molar-refractivity contribution in [2.75, 3.05) is 5.32 Å². The Morgan fingerprint density at radius 3 is 2.41 bits per heavy atom. The lowest BCUT2D eigenvalue weighted by atomic mass is 9.74. The Morgan fingerprint density at radius 1 is 1.09 bits per heavy atom. The Balaban J connectivity index is 1.46. The Morgan fingerprint density at radius 2 is 1.76 bits per heavy atom. The molecule has 3 aliphatic heterocycles. The zero-order chi connectivity index (χ0) is 24.3. The highest BCUT2D eigenvalue weighted by Gasteiger charge is 2.73. The zero-order valence-electron chi connectivity index (χ0n) is 19.8. The molecule has 1 saturated carbocycles. The number of amides is 3. The summed E-state index contributed by atoms with van der Waals surface area (Å²) in [4.78, 5) is 42.6. The predicted molar refractivity (Wildman–Crippen MR) is 129 cm³/mol. The minimum Gasteiger partial charge on any atom is -0.359 e. The molecule has 182 valence electrons. The number of anilines is 1. The number of benzene rings is 1. The van der Waals surface area contributed by atoms with Crippen LogP contribution in [0.1, 0.15) is 52.9 Å². The second-order valence-electron chi connectivity index (χ2n) is 10.9. The van der Waals surface area contributed by atoms with Crippen molar-refractivity contribution in [2.45, 2.75) is 82.2 Å². The summed E-state index contributed by atoms with van der Waals surface area (Å²) in [5, 5.41) is 6.68. The number of carbonyl (C=O) groups is 3. The number of fused-ring (bicyclic) bond motifs is 1. The van der Waals surface area contributed by atoms with Crippen molar-refractivity contribution in [3.05, 3.63) is 41.4 Å². The number of nitrogens with one attached hydrogen (secondary N) is 2. The number of nitrogens with zero attached hydrogens (tertiary/aromatic N) is 1. The summed E-state index contributed by atoms with van der Waals surface area (Å²) in [6, 6.07) is 6.13. The molecule has 3 amide bonds. The molecule has 7 nitrogen and oxygen atoms in total. The molecule has 0 radical (unpaired) electrons. The van der Waals surface area contributed by atoms with Gasteiger partial charge in [-0.1, -0.05) is 43.0 Å². The number of likely N-dealkylation sites (tertiary alicyclic amines) is 1. The topological polar surface area (TPSA) is 87.7 Å². The first kappa shape index (κ1) is 23.4. The number of hydrogen-bond donors (Lipinski definition) is 2. The lowest BCUT2D eigenvalue weighted by molar-refractivity contribution is -0.146. The average molecular weight is 486 g/mol. The molecule has 2 bridgehead atoms. The lowest BCUT2D eigenvalue weighted by Crippen LogP contribution is -2.60. The van der Waals surface area contributed by atoms with Gasteiger partial charge >= 0.3 is 0 Å². The maximum atomic E-state index is 13.9. The van der Waals surface area contributed by atoms with E-state index in [-0.39, 0.29) is 23.8 Å². The number of carbonyl (C=O) groups excluding carboxylic acids is 3. The lowest BCUT2D eigenvalue weighted by Gasteiger charge is -2.40. The van der Waals surface area contributed by atoms with Crippen molar-refractivity contribution in [3.63, 3.8) is 0 Å². The maximum absolute atomic E-state index is 13.9. The van der Waals surface area contributed by atoms with Gasteiger partial charge in [0.25, 0.3) is 0 Å². The number of rotatable bonds is 4. The fraction of sp³-hybridized carbons (Fsp3) is 0.577.